The van der Waals surface area contributed by atoms with Gasteiger partial charge in [-0.1, -0.05) is 26.0 Å². The minimum atomic E-state index is -0.136. The normalized spacial score (nSPS) is 42.1. The fourth-order valence-corrected chi connectivity index (χ4v) is 7.50. The zero-order chi connectivity index (χ0) is 20.1. The van der Waals surface area contributed by atoms with Crippen molar-refractivity contribution in [3.63, 3.8) is 0 Å². The second-order valence-corrected chi connectivity index (χ2v) is 10.3. The minimum Gasteiger partial charge on any atom is -0.267 e. The van der Waals surface area contributed by atoms with Gasteiger partial charge in [0.15, 0.2) is 0 Å². The number of carbonyl (C=O) groups excluding carboxylic acids is 1. The summed E-state index contributed by atoms with van der Waals surface area (Å²) in [4.78, 5) is 16.4. The van der Waals surface area contributed by atoms with E-state index in [1.54, 1.807) is 24.5 Å². The van der Waals surface area contributed by atoms with Crippen LogP contribution in [0.5, 0.6) is 0 Å². The molecule has 3 fully saturated rings. The van der Waals surface area contributed by atoms with Crippen LogP contribution in [0.25, 0.3) is 0 Å². The molecule has 0 bridgehead atoms. The summed E-state index contributed by atoms with van der Waals surface area (Å²) < 4.78 is 0. The molecular formula is C25H33N3O. The highest BCUT2D eigenvalue weighted by molar-refractivity contribution is 5.97. The van der Waals surface area contributed by atoms with Crippen molar-refractivity contribution in [3.05, 3.63) is 42.2 Å². The molecule has 0 aromatic carbocycles. The van der Waals surface area contributed by atoms with Crippen molar-refractivity contribution >= 4 is 11.6 Å². The third-order valence-corrected chi connectivity index (χ3v) is 9.19. The van der Waals surface area contributed by atoms with Gasteiger partial charge in [0.2, 0.25) is 0 Å². The van der Waals surface area contributed by atoms with Crippen molar-refractivity contribution in [2.24, 2.45) is 39.6 Å². The topological polar surface area (TPSA) is 54.4 Å². The van der Waals surface area contributed by atoms with E-state index in [4.69, 9.17) is 0 Å². The number of fused-ring (bicyclic) bond motifs is 5. The number of hydrogen-bond donors (Lipinski definition) is 1. The molecule has 0 saturated heterocycles. The molecule has 1 N–H and O–H groups in total. The van der Waals surface area contributed by atoms with Crippen LogP contribution >= 0.6 is 0 Å². The maximum absolute atomic E-state index is 12.4. The lowest BCUT2D eigenvalue weighted by Crippen LogP contribution is -2.52. The third-order valence-electron chi connectivity index (χ3n) is 9.19. The van der Waals surface area contributed by atoms with Crippen LogP contribution in [-0.2, 0) is 0 Å². The van der Waals surface area contributed by atoms with Crippen LogP contribution < -0.4 is 5.43 Å². The summed E-state index contributed by atoms with van der Waals surface area (Å²) in [6.07, 6.45) is 18.3. The number of nitrogens with zero attached hydrogens (tertiary/aromatic N) is 2. The Morgan fingerprint density at radius 3 is 2.76 bits per heavy atom. The Morgan fingerprint density at radius 2 is 1.93 bits per heavy atom. The van der Waals surface area contributed by atoms with Gasteiger partial charge in [-0.05, 0) is 92.6 Å². The lowest BCUT2D eigenvalue weighted by atomic mass is 9.46. The van der Waals surface area contributed by atoms with Gasteiger partial charge < -0.3 is 0 Å². The molecule has 4 aliphatic carbocycles. The lowest BCUT2D eigenvalue weighted by molar-refractivity contribution is -0.0761. The maximum Gasteiger partial charge on any atom is 0.271 e. The van der Waals surface area contributed by atoms with Crippen LogP contribution in [0.1, 0.15) is 75.6 Å². The molecule has 1 aromatic rings. The first-order valence-corrected chi connectivity index (χ1v) is 11.4. The maximum atomic E-state index is 12.4. The lowest BCUT2D eigenvalue weighted by Gasteiger charge is -2.59. The molecule has 3 saturated carbocycles. The Morgan fingerprint density at radius 1 is 1.10 bits per heavy atom. The average Bonchev–Trinajstić information content (AvgIpc) is 3.08. The average molecular weight is 392 g/mol. The number of rotatable bonds is 2. The van der Waals surface area contributed by atoms with Crippen molar-refractivity contribution in [1.29, 1.82) is 0 Å². The molecule has 1 aromatic heterocycles. The number of allylic oxidation sites excluding steroid dienone is 2. The fourth-order valence-electron chi connectivity index (χ4n) is 7.50. The number of hydrazone groups is 1. The summed E-state index contributed by atoms with van der Waals surface area (Å²) in [5, 5.41) is 4.68. The van der Waals surface area contributed by atoms with E-state index in [0.717, 1.165) is 30.1 Å². The third kappa shape index (κ3) is 2.98. The zero-order valence-corrected chi connectivity index (χ0v) is 17.7. The standard InChI is InChI=1S/C25H33N3O/c1-24-13-4-3-5-18(24)6-7-19-20-8-9-22(25(20,2)14-10-21(19)24)27-28-23(29)17-11-15-26-16-12-17/h3-4,11-12,15-16,18-21H,5-10,13-14H2,1-2H3,(H,28,29)/t18-,19-,20-,21+,24+,25+/m1/s1. The van der Waals surface area contributed by atoms with Gasteiger partial charge in [0, 0.05) is 29.1 Å². The van der Waals surface area contributed by atoms with Gasteiger partial charge in [-0.3, -0.25) is 9.78 Å². The second-order valence-electron chi connectivity index (χ2n) is 10.3. The van der Waals surface area contributed by atoms with Crippen molar-refractivity contribution in [1.82, 2.24) is 10.4 Å². The van der Waals surface area contributed by atoms with Gasteiger partial charge in [-0.15, -0.1) is 0 Å². The molecule has 4 heteroatoms. The number of aromatic nitrogens is 1. The Kier molecular flexibility index (Phi) is 4.64. The largest absolute Gasteiger partial charge is 0.271 e. The molecule has 1 amide bonds. The Balaban J connectivity index is 1.35. The highest BCUT2D eigenvalue weighted by Crippen LogP contribution is 2.64. The summed E-state index contributed by atoms with van der Waals surface area (Å²) >= 11 is 0. The van der Waals surface area contributed by atoms with Gasteiger partial charge in [-0.2, -0.15) is 5.10 Å². The number of carbonyl (C=O) groups is 1. The van der Waals surface area contributed by atoms with Crippen LogP contribution in [0, 0.1) is 34.5 Å². The first kappa shape index (κ1) is 19.0. The molecule has 0 aliphatic heterocycles. The minimum absolute atomic E-state index is 0.136. The highest BCUT2D eigenvalue weighted by Gasteiger charge is 2.58. The van der Waals surface area contributed by atoms with Crippen molar-refractivity contribution < 1.29 is 4.79 Å². The van der Waals surface area contributed by atoms with E-state index in [-0.39, 0.29) is 11.3 Å². The predicted octanol–water partition coefficient (Wildman–Crippen LogP) is 5.38. The Labute approximate surface area is 174 Å². The molecule has 0 radical (unpaired) electrons. The number of pyridine rings is 1. The molecule has 4 aliphatic rings. The first-order valence-electron chi connectivity index (χ1n) is 11.4. The molecule has 0 spiro atoms. The van der Waals surface area contributed by atoms with Gasteiger partial charge >= 0.3 is 0 Å². The molecule has 4 nitrogen and oxygen atoms in total. The zero-order valence-electron chi connectivity index (χ0n) is 17.7. The van der Waals surface area contributed by atoms with E-state index in [1.807, 2.05) is 0 Å². The van der Waals surface area contributed by atoms with Crippen LogP contribution in [0.15, 0.2) is 41.8 Å². The molecular weight excluding hydrogens is 358 g/mol. The summed E-state index contributed by atoms with van der Waals surface area (Å²) in [7, 11) is 0. The Hall–Kier alpha value is -1.97. The summed E-state index contributed by atoms with van der Waals surface area (Å²) in [6, 6.07) is 3.47. The highest BCUT2D eigenvalue weighted by atomic mass is 16.2. The van der Waals surface area contributed by atoms with E-state index in [9.17, 15) is 4.79 Å². The van der Waals surface area contributed by atoms with Crippen molar-refractivity contribution in [2.75, 3.05) is 0 Å². The SMILES string of the molecule is C[C@]12CC=CC[C@@H]1CC[C@@H]1[C@H]3CCC(=NNC(=O)c4ccncc4)[C@@]3(C)CC[C@@H]12. The van der Waals surface area contributed by atoms with E-state index in [2.05, 4.69) is 41.5 Å². The van der Waals surface area contributed by atoms with Crippen molar-refractivity contribution in [3.8, 4) is 0 Å². The van der Waals surface area contributed by atoms with E-state index in [0.29, 0.717) is 11.0 Å². The van der Waals surface area contributed by atoms with Crippen LogP contribution in [0.4, 0.5) is 0 Å². The molecule has 1 heterocycles. The smallest absolute Gasteiger partial charge is 0.267 e. The quantitative estimate of drug-likeness (QED) is 0.544. The summed E-state index contributed by atoms with van der Waals surface area (Å²) in [5.74, 6) is 3.15. The first-order chi connectivity index (χ1) is 14.0. The molecule has 0 unspecified atom stereocenters. The number of amides is 1. The van der Waals surface area contributed by atoms with E-state index < -0.39 is 0 Å². The van der Waals surface area contributed by atoms with Gasteiger partial charge in [0.25, 0.3) is 5.91 Å². The van der Waals surface area contributed by atoms with Crippen molar-refractivity contribution in [2.45, 2.75) is 65.2 Å². The molecule has 154 valence electrons. The number of hydrogen-bond acceptors (Lipinski definition) is 3. The molecule has 6 atom stereocenters. The van der Waals surface area contributed by atoms with Crippen LogP contribution in [0.2, 0.25) is 0 Å². The summed E-state index contributed by atoms with van der Waals surface area (Å²) in [5.41, 5.74) is 5.32. The second kappa shape index (κ2) is 7.07. The van der Waals surface area contributed by atoms with Crippen LogP contribution in [-0.4, -0.2) is 16.6 Å². The predicted molar refractivity (Wildman–Crippen MR) is 115 cm³/mol. The summed E-state index contributed by atoms with van der Waals surface area (Å²) in [6.45, 7) is 5.01. The van der Waals surface area contributed by atoms with Gasteiger partial charge in [0.05, 0.1) is 0 Å². The van der Waals surface area contributed by atoms with E-state index >= 15 is 0 Å². The van der Waals surface area contributed by atoms with E-state index in [1.165, 1.54) is 50.7 Å². The number of nitrogens with one attached hydrogen (secondary N) is 1. The van der Waals surface area contributed by atoms with Crippen LogP contribution in [0.3, 0.4) is 0 Å². The molecule has 5 rings (SSSR count). The monoisotopic (exact) mass is 391 g/mol. The molecule has 29 heavy (non-hydrogen) atoms. The Bertz CT molecular complexity index is 847. The van der Waals surface area contributed by atoms with Gasteiger partial charge in [0.1, 0.15) is 0 Å². The van der Waals surface area contributed by atoms with Gasteiger partial charge in [-0.25, -0.2) is 5.43 Å². The fraction of sp³-hybridized carbons (Fsp3) is 0.640.